The minimum Gasteiger partial charge on any atom is -0.342 e. The molecule has 172 valence electrons. The van der Waals surface area contributed by atoms with Crippen LogP contribution in [0.1, 0.15) is 71.1 Å². The Labute approximate surface area is 186 Å². The normalized spacial score (nSPS) is 35.2. The highest BCUT2D eigenvalue weighted by Gasteiger charge is 2.46. The van der Waals surface area contributed by atoms with E-state index < -0.39 is 0 Å². The molecule has 31 heavy (non-hydrogen) atoms. The van der Waals surface area contributed by atoms with Crippen LogP contribution in [-0.2, 0) is 9.59 Å². The molecule has 7 nitrogen and oxygen atoms in total. The Morgan fingerprint density at radius 1 is 1.03 bits per heavy atom. The zero-order chi connectivity index (χ0) is 21.8. The van der Waals surface area contributed by atoms with E-state index in [0.717, 1.165) is 64.5 Å². The third kappa shape index (κ3) is 5.23. The molecule has 4 rings (SSSR count). The van der Waals surface area contributed by atoms with Gasteiger partial charge < -0.3 is 20.4 Å². The van der Waals surface area contributed by atoms with Gasteiger partial charge in [-0.1, -0.05) is 13.3 Å². The average molecular weight is 430 g/mol. The summed E-state index contributed by atoms with van der Waals surface area (Å²) in [5.74, 6) is 1.64. The van der Waals surface area contributed by atoms with E-state index in [-0.39, 0.29) is 23.4 Å². The number of rotatable bonds is 7. The number of likely N-dealkylation sites (tertiary alicyclic amines) is 2. The van der Waals surface area contributed by atoms with Gasteiger partial charge in [0.25, 0.3) is 0 Å². The molecule has 0 spiro atoms. The SMILES string of the molecule is CCC1CC2CC(NCC(=O)N3CCCC3)CC(NCC(=O)N3CCC[C@H]3C#N)(C1)C2. The minimum atomic E-state index is -0.258. The predicted molar refractivity (Wildman–Crippen MR) is 119 cm³/mol. The molecule has 4 fully saturated rings. The molecule has 0 aromatic heterocycles. The first-order valence-electron chi connectivity index (χ1n) is 12.5. The van der Waals surface area contributed by atoms with Crippen molar-refractivity contribution in [1.29, 1.82) is 5.26 Å². The molecule has 4 unspecified atom stereocenters. The van der Waals surface area contributed by atoms with Crippen LogP contribution in [0.2, 0.25) is 0 Å². The quantitative estimate of drug-likeness (QED) is 0.646. The Bertz CT molecular complexity index is 701. The van der Waals surface area contributed by atoms with Crippen LogP contribution >= 0.6 is 0 Å². The van der Waals surface area contributed by atoms with Crippen LogP contribution in [0, 0.1) is 23.2 Å². The number of carbonyl (C=O) groups excluding carboxylic acids is 2. The second-order valence-electron chi connectivity index (χ2n) is 10.4. The number of hydrogen-bond acceptors (Lipinski definition) is 5. The zero-order valence-electron chi connectivity index (χ0n) is 19.1. The molecule has 2 aliphatic heterocycles. The first-order valence-corrected chi connectivity index (χ1v) is 12.5. The molecule has 2 bridgehead atoms. The fourth-order valence-electron chi connectivity index (χ4n) is 6.69. The topological polar surface area (TPSA) is 88.5 Å². The Balaban J connectivity index is 1.36. The third-order valence-electron chi connectivity index (χ3n) is 8.20. The van der Waals surface area contributed by atoms with Crippen molar-refractivity contribution in [3.8, 4) is 6.07 Å². The summed E-state index contributed by atoms with van der Waals surface area (Å²) < 4.78 is 0. The van der Waals surface area contributed by atoms with E-state index >= 15 is 0 Å². The lowest BCUT2D eigenvalue weighted by Crippen LogP contribution is -2.60. The summed E-state index contributed by atoms with van der Waals surface area (Å²) in [6.45, 7) is 5.53. The molecule has 2 N–H and O–H groups in total. The van der Waals surface area contributed by atoms with Crippen LogP contribution in [0.15, 0.2) is 0 Å². The molecule has 2 amide bonds. The fourth-order valence-corrected chi connectivity index (χ4v) is 6.69. The number of nitriles is 1. The second kappa shape index (κ2) is 9.87. The van der Waals surface area contributed by atoms with E-state index in [4.69, 9.17) is 0 Å². The summed E-state index contributed by atoms with van der Waals surface area (Å²) in [6, 6.07) is 2.35. The molecular formula is C24H39N5O2. The highest BCUT2D eigenvalue weighted by Crippen LogP contribution is 2.46. The molecule has 0 aromatic rings. The van der Waals surface area contributed by atoms with Crippen molar-refractivity contribution in [2.75, 3.05) is 32.7 Å². The minimum absolute atomic E-state index is 0.0340. The lowest BCUT2D eigenvalue weighted by molar-refractivity contribution is -0.131. The van der Waals surface area contributed by atoms with Gasteiger partial charge in [-0.25, -0.2) is 0 Å². The van der Waals surface area contributed by atoms with Crippen molar-refractivity contribution in [1.82, 2.24) is 20.4 Å². The molecule has 2 saturated heterocycles. The Hall–Kier alpha value is -1.65. The van der Waals surface area contributed by atoms with Crippen LogP contribution in [0.25, 0.3) is 0 Å². The monoisotopic (exact) mass is 429 g/mol. The van der Waals surface area contributed by atoms with Gasteiger partial charge in [0.1, 0.15) is 6.04 Å². The van der Waals surface area contributed by atoms with Crippen molar-refractivity contribution < 1.29 is 9.59 Å². The molecule has 0 aromatic carbocycles. The van der Waals surface area contributed by atoms with Gasteiger partial charge in [0.2, 0.25) is 11.8 Å². The number of carbonyl (C=O) groups is 2. The van der Waals surface area contributed by atoms with E-state index in [1.54, 1.807) is 4.90 Å². The van der Waals surface area contributed by atoms with Gasteiger partial charge in [0.05, 0.1) is 19.2 Å². The number of hydrogen-bond donors (Lipinski definition) is 2. The summed E-state index contributed by atoms with van der Waals surface area (Å²) >= 11 is 0. The second-order valence-corrected chi connectivity index (χ2v) is 10.4. The van der Waals surface area contributed by atoms with Gasteiger partial charge in [-0.15, -0.1) is 0 Å². The molecule has 2 saturated carbocycles. The molecule has 2 heterocycles. The molecule has 5 atom stereocenters. The van der Waals surface area contributed by atoms with Crippen molar-refractivity contribution in [3.63, 3.8) is 0 Å². The summed E-state index contributed by atoms with van der Waals surface area (Å²) in [5, 5.41) is 16.6. The van der Waals surface area contributed by atoms with Gasteiger partial charge in [-0.3, -0.25) is 9.59 Å². The van der Waals surface area contributed by atoms with Gasteiger partial charge in [-0.05, 0) is 69.6 Å². The van der Waals surface area contributed by atoms with Gasteiger partial charge in [0.15, 0.2) is 0 Å². The number of nitrogens with one attached hydrogen (secondary N) is 2. The highest BCUT2D eigenvalue weighted by molar-refractivity contribution is 5.79. The van der Waals surface area contributed by atoms with Crippen LogP contribution in [0.4, 0.5) is 0 Å². The van der Waals surface area contributed by atoms with Gasteiger partial charge >= 0.3 is 0 Å². The third-order valence-corrected chi connectivity index (χ3v) is 8.20. The highest BCUT2D eigenvalue weighted by atomic mass is 16.2. The Morgan fingerprint density at radius 2 is 1.84 bits per heavy atom. The van der Waals surface area contributed by atoms with Crippen molar-refractivity contribution in [2.24, 2.45) is 11.8 Å². The van der Waals surface area contributed by atoms with Gasteiger partial charge in [-0.2, -0.15) is 5.26 Å². The molecule has 0 radical (unpaired) electrons. The summed E-state index contributed by atoms with van der Waals surface area (Å²) in [4.78, 5) is 29.1. The van der Waals surface area contributed by atoms with E-state index in [1.807, 2.05) is 4.90 Å². The lowest BCUT2D eigenvalue weighted by Gasteiger charge is -2.51. The Kier molecular flexibility index (Phi) is 7.18. The maximum Gasteiger partial charge on any atom is 0.237 e. The molecule has 2 aliphatic carbocycles. The van der Waals surface area contributed by atoms with Crippen LogP contribution < -0.4 is 10.6 Å². The molecule has 4 aliphatic rings. The van der Waals surface area contributed by atoms with E-state index in [2.05, 4.69) is 23.6 Å². The summed E-state index contributed by atoms with van der Waals surface area (Å²) in [5.41, 5.74) is -0.0340. The lowest BCUT2D eigenvalue weighted by atomic mass is 9.61. The van der Waals surface area contributed by atoms with Crippen LogP contribution in [0.3, 0.4) is 0 Å². The number of nitrogens with zero attached hydrogens (tertiary/aromatic N) is 3. The molecule has 7 heteroatoms. The van der Waals surface area contributed by atoms with Crippen molar-refractivity contribution >= 4 is 11.8 Å². The fraction of sp³-hybridized carbons (Fsp3) is 0.875. The first-order chi connectivity index (χ1) is 15.0. The van der Waals surface area contributed by atoms with Crippen LogP contribution in [0.5, 0.6) is 0 Å². The van der Waals surface area contributed by atoms with Crippen LogP contribution in [-0.4, -0.2) is 72.0 Å². The van der Waals surface area contributed by atoms with E-state index in [0.29, 0.717) is 37.5 Å². The van der Waals surface area contributed by atoms with Crippen molar-refractivity contribution in [2.45, 2.75) is 88.8 Å². The van der Waals surface area contributed by atoms with Crippen molar-refractivity contribution in [3.05, 3.63) is 0 Å². The smallest absolute Gasteiger partial charge is 0.237 e. The maximum atomic E-state index is 12.9. The maximum absolute atomic E-state index is 12.9. The Morgan fingerprint density at radius 3 is 2.58 bits per heavy atom. The summed E-state index contributed by atoms with van der Waals surface area (Å²) in [7, 11) is 0. The summed E-state index contributed by atoms with van der Waals surface area (Å²) in [6.07, 6.45) is 10.7. The van der Waals surface area contributed by atoms with E-state index in [9.17, 15) is 14.9 Å². The van der Waals surface area contributed by atoms with E-state index in [1.165, 1.54) is 12.8 Å². The standard InChI is InChI=1S/C24H39N5O2/c1-2-18-10-19-11-20(26-16-22(30)28-7-3-4-8-28)14-24(12-18,13-19)27-17-23(31)29-9-5-6-21(29)15-25/h18-21,26-27H,2-14,16-17H2,1H3/t18?,19?,20?,21-,24?/m0/s1. The first kappa shape index (κ1) is 22.5. The van der Waals surface area contributed by atoms with Gasteiger partial charge in [0, 0.05) is 31.2 Å². The number of amides is 2. The number of fused-ring (bicyclic) bond motifs is 2. The largest absolute Gasteiger partial charge is 0.342 e. The zero-order valence-corrected chi connectivity index (χ0v) is 19.1. The predicted octanol–water partition coefficient (Wildman–Crippen LogP) is 2.03. The molecular weight excluding hydrogens is 390 g/mol. The average Bonchev–Trinajstić information content (AvgIpc) is 3.47.